The number of sulfonamides is 1. The predicted molar refractivity (Wildman–Crippen MR) is 134 cm³/mol. The van der Waals surface area contributed by atoms with E-state index in [0.717, 1.165) is 24.4 Å². The van der Waals surface area contributed by atoms with Crippen LogP contribution in [0.4, 0.5) is 29.3 Å². The molecule has 0 aliphatic carbocycles. The molecule has 1 heterocycles. The highest BCUT2D eigenvalue weighted by molar-refractivity contribution is 7.92. The van der Waals surface area contributed by atoms with Crippen LogP contribution in [-0.4, -0.2) is 44.2 Å². The summed E-state index contributed by atoms with van der Waals surface area (Å²) in [5, 5.41) is 1.74. The molecule has 1 aromatic heterocycles. The van der Waals surface area contributed by atoms with Gasteiger partial charge in [0.1, 0.15) is 5.69 Å². The molecule has 0 saturated heterocycles. The molecule has 0 atom stereocenters. The van der Waals surface area contributed by atoms with Gasteiger partial charge in [-0.2, -0.15) is 13.2 Å². The average molecular weight is 596 g/mol. The number of pyridine rings is 1. The number of alkyl halides is 3. The van der Waals surface area contributed by atoms with E-state index in [2.05, 4.69) is 10.3 Å². The number of ketones is 1. The number of urea groups is 1. The molecule has 0 aliphatic heterocycles. The minimum absolute atomic E-state index is 0.0362. The highest BCUT2D eigenvalue weighted by Gasteiger charge is 2.35. The van der Waals surface area contributed by atoms with Crippen LogP contribution in [0.2, 0.25) is 15.1 Å². The van der Waals surface area contributed by atoms with Crippen molar-refractivity contribution in [3.8, 4) is 0 Å². The molecule has 15 heteroatoms. The van der Waals surface area contributed by atoms with Crippen LogP contribution in [0.5, 0.6) is 0 Å². The molecular weight excluding hydrogens is 580 g/mol. The first-order chi connectivity index (χ1) is 17.1. The second kappa shape index (κ2) is 10.7. The minimum atomic E-state index is -4.91. The Hall–Kier alpha value is -3.06. The van der Waals surface area contributed by atoms with Gasteiger partial charge in [-0.25, -0.2) is 18.2 Å². The molecule has 2 aromatic carbocycles. The second-order valence-corrected chi connectivity index (χ2v) is 10.6. The van der Waals surface area contributed by atoms with Gasteiger partial charge in [0, 0.05) is 31.5 Å². The van der Waals surface area contributed by atoms with Gasteiger partial charge in [-0.3, -0.25) is 9.52 Å². The fourth-order valence-corrected chi connectivity index (χ4v) is 4.60. The van der Waals surface area contributed by atoms with Crippen molar-refractivity contribution in [2.45, 2.75) is 11.1 Å². The van der Waals surface area contributed by atoms with Gasteiger partial charge in [0.25, 0.3) is 10.0 Å². The van der Waals surface area contributed by atoms with Gasteiger partial charge in [0.2, 0.25) is 5.78 Å². The Bertz CT molecular complexity index is 1500. The fraction of sp³-hybridized carbons (Fsp3) is 0.136. The van der Waals surface area contributed by atoms with Crippen molar-refractivity contribution in [1.29, 1.82) is 0 Å². The van der Waals surface area contributed by atoms with Crippen molar-refractivity contribution in [3.63, 3.8) is 0 Å². The third kappa shape index (κ3) is 6.63. The number of anilines is 2. The van der Waals surface area contributed by atoms with E-state index in [1.54, 1.807) is 0 Å². The molecule has 3 aromatic rings. The normalized spacial score (nSPS) is 11.7. The molecule has 3 rings (SSSR count). The van der Waals surface area contributed by atoms with Crippen LogP contribution in [0.1, 0.15) is 21.6 Å². The maximum absolute atomic E-state index is 13.3. The highest BCUT2D eigenvalue weighted by atomic mass is 35.5. The summed E-state index contributed by atoms with van der Waals surface area (Å²) in [5.41, 5.74) is -2.15. The first-order valence-corrected chi connectivity index (χ1v) is 12.6. The van der Waals surface area contributed by atoms with Crippen LogP contribution < -0.4 is 10.0 Å². The van der Waals surface area contributed by atoms with Crippen molar-refractivity contribution >= 4 is 68.0 Å². The first-order valence-electron chi connectivity index (χ1n) is 9.98. The van der Waals surface area contributed by atoms with Gasteiger partial charge < -0.3 is 10.2 Å². The zero-order valence-corrected chi connectivity index (χ0v) is 21.9. The lowest BCUT2D eigenvalue weighted by Gasteiger charge is -2.15. The fourth-order valence-electron chi connectivity index (χ4n) is 2.93. The summed E-state index contributed by atoms with van der Waals surface area (Å²) in [7, 11) is -1.66. The number of rotatable bonds is 6. The number of carbonyl (C=O) groups is 2. The number of halogens is 6. The van der Waals surface area contributed by atoms with Gasteiger partial charge in [-0.05, 0) is 42.5 Å². The van der Waals surface area contributed by atoms with Crippen LogP contribution in [0.25, 0.3) is 0 Å². The zero-order valence-electron chi connectivity index (χ0n) is 18.8. The molecule has 2 N–H and O–H groups in total. The third-order valence-corrected chi connectivity index (χ3v) is 6.96. The van der Waals surface area contributed by atoms with E-state index < -0.39 is 54.9 Å². The van der Waals surface area contributed by atoms with Crippen molar-refractivity contribution < 1.29 is 31.2 Å². The van der Waals surface area contributed by atoms with Crippen LogP contribution >= 0.6 is 34.8 Å². The van der Waals surface area contributed by atoms with E-state index in [4.69, 9.17) is 34.8 Å². The SMILES string of the molecule is CN(C)C(=O)Nc1ccc(Cl)c(C(=O)c2ncc(Cl)cc2NS(=O)(=O)c2ccc(Cl)c(C(F)(F)F)c2)c1. The Kier molecular flexibility index (Phi) is 8.27. The average Bonchev–Trinajstić information content (AvgIpc) is 2.79. The molecule has 2 amide bonds. The summed E-state index contributed by atoms with van der Waals surface area (Å²) in [4.78, 5) is 29.6. The molecule has 0 spiro atoms. The van der Waals surface area contributed by atoms with Crippen molar-refractivity contribution in [3.05, 3.63) is 80.6 Å². The number of aromatic nitrogens is 1. The minimum Gasteiger partial charge on any atom is -0.331 e. The summed E-state index contributed by atoms with van der Waals surface area (Å²) in [5.74, 6) is -0.854. The van der Waals surface area contributed by atoms with Crippen molar-refractivity contribution in [2.75, 3.05) is 24.1 Å². The van der Waals surface area contributed by atoms with E-state index in [1.165, 1.54) is 37.2 Å². The van der Waals surface area contributed by atoms with Crippen LogP contribution in [0.3, 0.4) is 0 Å². The summed E-state index contributed by atoms with van der Waals surface area (Å²) >= 11 is 17.7. The number of amides is 2. The quantitative estimate of drug-likeness (QED) is 0.331. The second-order valence-electron chi connectivity index (χ2n) is 7.64. The summed E-state index contributed by atoms with van der Waals surface area (Å²) < 4.78 is 67.6. The predicted octanol–water partition coefficient (Wildman–Crippen LogP) is 6.19. The van der Waals surface area contributed by atoms with Crippen LogP contribution in [0.15, 0.2) is 53.6 Å². The molecular formula is C22H16Cl3F3N4O4S. The number of nitrogens with zero attached hydrogens (tertiary/aromatic N) is 2. The molecule has 0 bridgehead atoms. The summed E-state index contributed by atoms with van der Waals surface area (Å²) in [6.45, 7) is 0. The van der Waals surface area contributed by atoms with Gasteiger partial charge in [-0.15, -0.1) is 0 Å². The lowest BCUT2D eigenvalue weighted by Crippen LogP contribution is -2.27. The zero-order chi connectivity index (χ0) is 27.7. The molecule has 196 valence electrons. The van der Waals surface area contributed by atoms with Crippen molar-refractivity contribution in [1.82, 2.24) is 9.88 Å². The lowest BCUT2D eigenvalue weighted by atomic mass is 10.1. The number of benzene rings is 2. The summed E-state index contributed by atoms with van der Waals surface area (Å²) in [6.07, 6.45) is -3.84. The van der Waals surface area contributed by atoms with E-state index >= 15 is 0 Å². The van der Waals surface area contributed by atoms with Gasteiger partial charge in [-0.1, -0.05) is 34.8 Å². The van der Waals surface area contributed by atoms with Crippen LogP contribution in [-0.2, 0) is 16.2 Å². The van der Waals surface area contributed by atoms with Gasteiger partial charge in [0.05, 0.1) is 31.2 Å². The molecule has 0 radical (unpaired) electrons. The molecule has 37 heavy (non-hydrogen) atoms. The van der Waals surface area contributed by atoms with Crippen molar-refractivity contribution in [2.24, 2.45) is 0 Å². The largest absolute Gasteiger partial charge is 0.417 e. The Morgan fingerprint density at radius 2 is 1.62 bits per heavy atom. The Balaban J connectivity index is 2.03. The maximum atomic E-state index is 13.3. The molecule has 0 aliphatic rings. The van der Waals surface area contributed by atoms with E-state index in [9.17, 15) is 31.2 Å². The smallest absolute Gasteiger partial charge is 0.331 e. The molecule has 0 unspecified atom stereocenters. The number of carbonyl (C=O) groups excluding carboxylic acids is 2. The number of hydrogen-bond acceptors (Lipinski definition) is 5. The Morgan fingerprint density at radius 1 is 0.973 bits per heavy atom. The molecule has 0 fully saturated rings. The first kappa shape index (κ1) is 28.5. The molecule has 8 nitrogen and oxygen atoms in total. The van der Waals surface area contributed by atoms with E-state index in [-0.39, 0.29) is 21.3 Å². The highest BCUT2D eigenvalue weighted by Crippen LogP contribution is 2.36. The summed E-state index contributed by atoms with van der Waals surface area (Å²) in [6, 6.07) is 6.63. The van der Waals surface area contributed by atoms with E-state index in [1.807, 2.05) is 4.72 Å². The standard InChI is InChI=1S/C22H16Cl3F3N4O4S/c1-32(2)21(34)30-12-3-5-16(24)14(8-12)20(33)19-18(7-11(23)10-29-19)31-37(35,36)13-4-6-17(25)15(9-13)22(26,27)28/h3-10,31H,1-2H3,(H,30,34). The van der Waals surface area contributed by atoms with Crippen LogP contribution in [0, 0.1) is 0 Å². The van der Waals surface area contributed by atoms with E-state index in [0.29, 0.717) is 6.07 Å². The monoisotopic (exact) mass is 594 g/mol. The third-order valence-electron chi connectivity index (χ3n) is 4.74. The molecule has 0 saturated carbocycles. The Morgan fingerprint density at radius 3 is 2.24 bits per heavy atom. The topological polar surface area (TPSA) is 108 Å². The number of nitrogens with one attached hydrogen (secondary N) is 2. The Labute approximate surface area is 224 Å². The number of hydrogen-bond donors (Lipinski definition) is 2. The maximum Gasteiger partial charge on any atom is 0.417 e. The van der Waals surface area contributed by atoms with Gasteiger partial charge >= 0.3 is 12.2 Å². The van der Waals surface area contributed by atoms with Gasteiger partial charge in [0.15, 0.2) is 0 Å². The lowest BCUT2D eigenvalue weighted by molar-refractivity contribution is -0.137.